The molecule has 3 N–H and O–H groups in total. The van der Waals surface area contributed by atoms with Crippen molar-refractivity contribution >= 4 is 0 Å². The molecule has 0 aromatic heterocycles. The molecule has 2 unspecified atom stereocenters. The van der Waals surface area contributed by atoms with Gasteiger partial charge in [0.2, 0.25) is 0 Å². The average molecular weight is 345 g/mol. The maximum absolute atomic E-state index is 9.96. The van der Waals surface area contributed by atoms with Gasteiger partial charge in [-0.1, -0.05) is 36.4 Å². The highest BCUT2D eigenvalue weighted by Gasteiger charge is 2.10. The van der Waals surface area contributed by atoms with Crippen LogP contribution in [0.25, 0.3) is 0 Å². The fourth-order valence-corrected chi connectivity index (χ4v) is 2.34. The average Bonchev–Trinajstić information content (AvgIpc) is 2.60. The molecule has 2 aromatic carbocycles. The van der Waals surface area contributed by atoms with Gasteiger partial charge in [0.1, 0.15) is 36.9 Å². The maximum Gasteiger partial charge on any atom is 0.122 e. The van der Waals surface area contributed by atoms with Crippen LogP contribution in [0, 0.1) is 13.8 Å². The molecule has 0 aliphatic rings. The lowest BCUT2D eigenvalue weighted by molar-refractivity contribution is 0.0855. The van der Waals surface area contributed by atoms with Crippen LogP contribution < -0.4 is 14.8 Å². The van der Waals surface area contributed by atoms with Crippen LogP contribution in [0.5, 0.6) is 11.5 Å². The number of hydrogen-bond donors (Lipinski definition) is 3. The third-order valence-electron chi connectivity index (χ3n) is 3.81. The molecule has 0 saturated carbocycles. The molecule has 0 aliphatic carbocycles. The first-order chi connectivity index (χ1) is 12.1. The van der Waals surface area contributed by atoms with Gasteiger partial charge in [0.05, 0.1) is 0 Å². The summed E-state index contributed by atoms with van der Waals surface area (Å²) in [6.07, 6.45) is -1.30. The van der Waals surface area contributed by atoms with Crippen molar-refractivity contribution in [3.63, 3.8) is 0 Å². The Bertz CT molecular complexity index is 592. The van der Waals surface area contributed by atoms with Gasteiger partial charge in [-0.3, -0.25) is 0 Å². The Morgan fingerprint density at radius 2 is 1.16 bits per heavy atom. The van der Waals surface area contributed by atoms with Crippen molar-refractivity contribution in [2.75, 3.05) is 26.3 Å². The van der Waals surface area contributed by atoms with Gasteiger partial charge in [-0.15, -0.1) is 0 Å². The number of nitrogens with one attached hydrogen (secondary N) is 1. The van der Waals surface area contributed by atoms with E-state index >= 15 is 0 Å². The molecule has 2 rings (SSSR count). The Kier molecular flexibility index (Phi) is 7.73. The number of benzene rings is 2. The van der Waals surface area contributed by atoms with Crippen molar-refractivity contribution in [1.29, 1.82) is 0 Å². The monoisotopic (exact) mass is 345 g/mol. The predicted molar refractivity (Wildman–Crippen MR) is 98.2 cm³/mol. The minimum Gasteiger partial charge on any atom is -0.491 e. The number of ether oxygens (including phenoxy) is 2. The second-order valence-electron chi connectivity index (χ2n) is 6.12. The largest absolute Gasteiger partial charge is 0.491 e. The van der Waals surface area contributed by atoms with Crippen LogP contribution in [-0.4, -0.2) is 48.7 Å². The number of aryl methyl sites for hydroxylation is 2. The second kappa shape index (κ2) is 10.0. The van der Waals surface area contributed by atoms with E-state index in [-0.39, 0.29) is 13.2 Å². The van der Waals surface area contributed by atoms with Gasteiger partial charge in [0, 0.05) is 13.1 Å². The molecule has 2 aromatic rings. The van der Waals surface area contributed by atoms with Crippen LogP contribution in [0.15, 0.2) is 48.5 Å². The SMILES string of the molecule is Cc1ccccc1OCC(O)CNCC(O)COc1ccccc1C. The van der Waals surface area contributed by atoms with Gasteiger partial charge < -0.3 is 25.0 Å². The van der Waals surface area contributed by atoms with Gasteiger partial charge in [0.25, 0.3) is 0 Å². The summed E-state index contributed by atoms with van der Waals surface area (Å²) in [5, 5.41) is 22.9. The topological polar surface area (TPSA) is 71.0 Å². The van der Waals surface area contributed by atoms with Crippen molar-refractivity contribution in [3.8, 4) is 11.5 Å². The first-order valence-corrected chi connectivity index (χ1v) is 8.50. The third-order valence-corrected chi connectivity index (χ3v) is 3.81. The van der Waals surface area contributed by atoms with Crippen LogP contribution in [0.3, 0.4) is 0 Å². The van der Waals surface area contributed by atoms with Gasteiger partial charge in [-0.2, -0.15) is 0 Å². The molecule has 0 radical (unpaired) electrons. The van der Waals surface area contributed by atoms with Crippen LogP contribution in [-0.2, 0) is 0 Å². The van der Waals surface area contributed by atoms with Gasteiger partial charge in [-0.05, 0) is 37.1 Å². The van der Waals surface area contributed by atoms with Crippen molar-refractivity contribution in [3.05, 3.63) is 59.7 Å². The Morgan fingerprint density at radius 1 is 0.760 bits per heavy atom. The molecule has 136 valence electrons. The fourth-order valence-electron chi connectivity index (χ4n) is 2.34. The lowest BCUT2D eigenvalue weighted by Crippen LogP contribution is -2.37. The van der Waals surface area contributed by atoms with Crippen LogP contribution in [0.4, 0.5) is 0 Å². The van der Waals surface area contributed by atoms with Crippen molar-refractivity contribution in [2.45, 2.75) is 26.1 Å². The molecule has 0 spiro atoms. The summed E-state index contributed by atoms with van der Waals surface area (Å²) in [5.41, 5.74) is 2.07. The summed E-state index contributed by atoms with van der Waals surface area (Å²) in [4.78, 5) is 0. The van der Waals surface area contributed by atoms with Crippen LogP contribution in [0.1, 0.15) is 11.1 Å². The van der Waals surface area contributed by atoms with Gasteiger partial charge >= 0.3 is 0 Å². The summed E-state index contributed by atoms with van der Waals surface area (Å²) < 4.78 is 11.2. The number of aliphatic hydroxyl groups excluding tert-OH is 2. The first kappa shape index (κ1) is 19.2. The predicted octanol–water partition coefficient (Wildman–Crippen LogP) is 2.07. The van der Waals surface area contributed by atoms with Crippen LogP contribution >= 0.6 is 0 Å². The Hall–Kier alpha value is -2.08. The van der Waals surface area contributed by atoms with Crippen molar-refractivity contribution < 1.29 is 19.7 Å². The Balaban J connectivity index is 1.61. The summed E-state index contributed by atoms with van der Waals surface area (Å²) in [7, 11) is 0. The van der Waals surface area contributed by atoms with E-state index in [1.165, 1.54) is 0 Å². The number of rotatable bonds is 10. The fraction of sp³-hybridized carbons (Fsp3) is 0.400. The summed E-state index contributed by atoms with van der Waals surface area (Å²) in [5.74, 6) is 1.54. The summed E-state index contributed by atoms with van der Waals surface area (Å²) >= 11 is 0. The molecule has 25 heavy (non-hydrogen) atoms. The summed E-state index contributed by atoms with van der Waals surface area (Å²) in [6, 6.07) is 15.4. The molecule has 5 heteroatoms. The molecule has 0 amide bonds. The summed E-state index contributed by atoms with van der Waals surface area (Å²) in [6.45, 7) is 5.01. The van der Waals surface area contributed by atoms with Gasteiger partial charge in [0.15, 0.2) is 0 Å². The van der Waals surface area contributed by atoms with E-state index in [1.807, 2.05) is 62.4 Å². The van der Waals surface area contributed by atoms with E-state index in [1.54, 1.807) is 0 Å². The van der Waals surface area contributed by atoms with E-state index in [9.17, 15) is 10.2 Å². The highest BCUT2D eigenvalue weighted by atomic mass is 16.5. The Morgan fingerprint density at radius 3 is 1.56 bits per heavy atom. The molecule has 0 heterocycles. The lowest BCUT2D eigenvalue weighted by atomic mass is 10.2. The molecule has 0 fully saturated rings. The molecule has 5 nitrogen and oxygen atoms in total. The number of para-hydroxylation sites is 2. The second-order valence-corrected chi connectivity index (χ2v) is 6.12. The standard InChI is InChI=1S/C20H27NO4/c1-15-7-3-5-9-19(15)24-13-17(22)11-21-12-18(23)14-25-20-10-6-4-8-16(20)2/h3-10,17-18,21-23H,11-14H2,1-2H3. The highest BCUT2D eigenvalue weighted by molar-refractivity contribution is 5.32. The molecular weight excluding hydrogens is 318 g/mol. The normalized spacial score (nSPS) is 13.3. The maximum atomic E-state index is 9.96. The molecular formula is C20H27NO4. The molecule has 0 bridgehead atoms. The zero-order valence-corrected chi connectivity index (χ0v) is 14.8. The lowest BCUT2D eigenvalue weighted by Gasteiger charge is -2.17. The zero-order chi connectivity index (χ0) is 18.1. The van der Waals surface area contributed by atoms with Gasteiger partial charge in [-0.25, -0.2) is 0 Å². The highest BCUT2D eigenvalue weighted by Crippen LogP contribution is 2.17. The number of aliphatic hydroxyl groups is 2. The quantitative estimate of drug-likeness (QED) is 0.615. The first-order valence-electron chi connectivity index (χ1n) is 8.50. The van der Waals surface area contributed by atoms with E-state index in [2.05, 4.69) is 5.32 Å². The molecule has 0 aliphatic heterocycles. The van der Waals surface area contributed by atoms with E-state index in [4.69, 9.17) is 9.47 Å². The Labute approximate surface area is 149 Å². The third kappa shape index (κ3) is 6.74. The van der Waals surface area contributed by atoms with E-state index < -0.39 is 12.2 Å². The van der Waals surface area contributed by atoms with E-state index in [0.717, 1.165) is 22.6 Å². The van der Waals surface area contributed by atoms with Crippen molar-refractivity contribution in [1.82, 2.24) is 5.32 Å². The minimum absolute atomic E-state index is 0.202. The zero-order valence-electron chi connectivity index (χ0n) is 14.8. The smallest absolute Gasteiger partial charge is 0.122 e. The molecule has 2 atom stereocenters. The van der Waals surface area contributed by atoms with E-state index in [0.29, 0.717) is 13.1 Å². The number of hydrogen-bond acceptors (Lipinski definition) is 5. The minimum atomic E-state index is -0.649. The van der Waals surface area contributed by atoms with Crippen LogP contribution in [0.2, 0.25) is 0 Å². The molecule has 0 saturated heterocycles. The van der Waals surface area contributed by atoms with Crippen molar-refractivity contribution in [2.24, 2.45) is 0 Å².